The van der Waals surface area contributed by atoms with Gasteiger partial charge in [-0.2, -0.15) is 0 Å². The van der Waals surface area contributed by atoms with Crippen LogP contribution in [-0.4, -0.2) is 29.7 Å². The number of likely N-dealkylation sites (N-methyl/N-ethyl adjacent to an activating group) is 1. The summed E-state index contributed by atoms with van der Waals surface area (Å²) in [6, 6.07) is 0. The van der Waals surface area contributed by atoms with Crippen LogP contribution in [0.1, 0.15) is 20.3 Å². The van der Waals surface area contributed by atoms with Crippen LogP contribution in [0.25, 0.3) is 0 Å². The molecule has 0 saturated heterocycles. The number of aliphatic hydroxyl groups excluding tert-OH is 1. The molecule has 0 bridgehead atoms. The summed E-state index contributed by atoms with van der Waals surface area (Å²) < 4.78 is 0. The fraction of sp³-hybridized carbons (Fsp3) is 0.750. The van der Waals surface area contributed by atoms with Crippen LogP contribution in [0, 0.1) is 0 Å². The van der Waals surface area contributed by atoms with Crippen LogP contribution in [-0.2, 0) is 0 Å². The van der Waals surface area contributed by atoms with Gasteiger partial charge in [0.2, 0.25) is 0 Å². The smallest absolute Gasteiger partial charge is 0.0829 e. The highest BCUT2D eigenvalue weighted by molar-refractivity contribution is 5.17. The van der Waals surface area contributed by atoms with Crippen molar-refractivity contribution in [2.24, 2.45) is 0 Å². The Labute approximate surface area is 62.2 Å². The van der Waals surface area contributed by atoms with Crippen molar-refractivity contribution in [2.45, 2.75) is 20.3 Å². The van der Waals surface area contributed by atoms with E-state index in [1.807, 2.05) is 0 Å². The molecule has 2 heteroatoms. The zero-order chi connectivity index (χ0) is 7.56. The molecule has 0 aromatic carbocycles. The summed E-state index contributed by atoms with van der Waals surface area (Å²) in [5, 5.41) is 8.94. The lowest BCUT2D eigenvalue weighted by Gasteiger charge is -2.18. The Hall–Kier alpha value is -0.500. The second kappa shape index (κ2) is 3.06. The van der Waals surface area contributed by atoms with Crippen LogP contribution >= 0.6 is 0 Å². The number of aliphatic hydroxyl groups is 1. The Morgan fingerprint density at radius 2 is 2.30 bits per heavy atom. The lowest BCUT2D eigenvalue weighted by molar-refractivity contribution is 0.271. The van der Waals surface area contributed by atoms with Gasteiger partial charge >= 0.3 is 0 Å². The molecule has 1 rings (SSSR count). The quantitative estimate of drug-likeness (QED) is 0.619. The largest absolute Gasteiger partial charge is 0.390 e. The fourth-order valence-electron chi connectivity index (χ4n) is 1.44. The summed E-state index contributed by atoms with van der Waals surface area (Å²) in [4.78, 5) is 2.23. The summed E-state index contributed by atoms with van der Waals surface area (Å²) in [5.41, 5.74) is 2.49. The average molecular weight is 141 g/mol. The van der Waals surface area contributed by atoms with Crippen molar-refractivity contribution in [1.29, 1.82) is 0 Å². The van der Waals surface area contributed by atoms with Gasteiger partial charge in [0.1, 0.15) is 0 Å². The van der Waals surface area contributed by atoms with Gasteiger partial charge in [0.15, 0.2) is 0 Å². The van der Waals surface area contributed by atoms with Gasteiger partial charge in [0.25, 0.3) is 0 Å². The van der Waals surface area contributed by atoms with Gasteiger partial charge in [-0.3, -0.25) is 0 Å². The summed E-state index contributed by atoms with van der Waals surface area (Å²) in [5.74, 6) is 0. The third-order valence-corrected chi connectivity index (χ3v) is 2.16. The standard InChI is InChI=1S/C8H15NO/c1-3-9-5-4-7(2)8(9)6-10/h10H,3-6H2,1-2H3. The lowest BCUT2D eigenvalue weighted by atomic mass is 10.2. The van der Waals surface area contributed by atoms with Gasteiger partial charge in [-0.05, 0) is 20.3 Å². The predicted octanol–water partition coefficient (Wildman–Crippen LogP) is 0.978. The van der Waals surface area contributed by atoms with Crippen LogP contribution in [0.4, 0.5) is 0 Å². The number of rotatable bonds is 2. The van der Waals surface area contributed by atoms with Crippen molar-refractivity contribution in [2.75, 3.05) is 19.7 Å². The molecular weight excluding hydrogens is 126 g/mol. The molecule has 0 spiro atoms. The second-order valence-corrected chi connectivity index (χ2v) is 2.71. The van der Waals surface area contributed by atoms with E-state index >= 15 is 0 Å². The fourth-order valence-corrected chi connectivity index (χ4v) is 1.44. The molecule has 0 fully saturated rings. The minimum absolute atomic E-state index is 0.208. The maximum absolute atomic E-state index is 8.94. The van der Waals surface area contributed by atoms with Crippen molar-refractivity contribution >= 4 is 0 Å². The molecule has 1 heterocycles. The summed E-state index contributed by atoms with van der Waals surface area (Å²) in [6.45, 7) is 6.54. The van der Waals surface area contributed by atoms with Gasteiger partial charge in [-0.25, -0.2) is 0 Å². The Kier molecular flexibility index (Phi) is 2.33. The lowest BCUT2D eigenvalue weighted by Crippen LogP contribution is -2.20. The van der Waals surface area contributed by atoms with Crippen LogP contribution < -0.4 is 0 Å². The second-order valence-electron chi connectivity index (χ2n) is 2.71. The molecule has 58 valence electrons. The molecule has 1 aliphatic rings. The van der Waals surface area contributed by atoms with E-state index in [0.717, 1.165) is 25.2 Å². The van der Waals surface area contributed by atoms with E-state index in [-0.39, 0.29) is 6.61 Å². The van der Waals surface area contributed by atoms with Gasteiger partial charge < -0.3 is 10.0 Å². The molecule has 0 saturated carbocycles. The molecule has 0 radical (unpaired) electrons. The minimum atomic E-state index is 0.208. The van der Waals surface area contributed by atoms with Crippen molar-refractivity contribution in [3.63, 3.8) is 0 Å². The van der Waals surface area contributed by atoms with Crippen molar-refractivity contribution in [1.82, 2.24) is 4.90 Å². The molecule has 0 aliphatic carbocycles. The monoisotopic (exact) mass is 141 g/mol. The third kappa shape index (κ3) is 1.16. The first-order valence-corrected chi connectivity index (χ1v) is 3.84. The van der Waals surface area contributed by atoms with Crippen LogP contribution in [0.5, 0.6) is 0 Å². The molecule has 0 aromatic rings. The molecule has 0 atom stereocenters. The highest BCUT2D eigenvalue weighted by Crippen LogP contribution is 2.20. The topological polar surface area (TPSA) is 23.5 Å². The molecule has 0 amide bonds. The molecule has 1 aliphatic heterocycles. The highest BCUT2D eigenvalue weighted by atomic mass is 16.3. The van der Waals surface area contributed by atoms with E-state index in [0.29, 0.717) is 0 Å². The Bertz CT molecular complexity index is 151. The van der Waals surface area contributed by atoms with Gasteiger partial charge in [0, 0.05) is 18.8 Å². The predicted molar refractivity (Wildman–Crippen MR) is 41.6 cm³/mol. The molecule has 10 heavy (non-hydrogen) atoms. The SMILES string of the molecule is CCN1CCC(C)=C1CO. The summed E-state index contributed by atoms with van der Waals surface area (Å²) >= 11 is 0. The zero-order valence-corrected chi connectivity index (χ0v) is 6.72. The van der Waals surface area contributed by atoms with E-state index in [9.17, 15) is 0 Å². The molecule has 0 aromatic heterocycles. The van der Waals surface area contributed by atoms with Crippen molar-refractivity contribution < 1.29 is 5.11 Å². The molecular formula is C8H15NO. The van der Waals surface area contributed by atoms with Gasteiger partial charge in [-0.1, -0.05) is 5.57 Å². The Morgan fingerprint density at radius 3 is 2.70 bits per heavy atom. The van der Waals surface area contributed by atoms with E-state index in [1.54, 1.807) is 0 Å². The van der Waals surface area contributed by atoms with E-state index in [1.165, 1.54) is 5.57 Å². The normalized spacial score (nSPS) is 18.9. The molecule has 2 nitrogen and oxygen atoms in total. The van der Waals surface area contributed by atoms with Crippen LogP contribution in [0.15, 0.2) is 11.3 Å². The first kappa shape index (κ1) is 7.61. The van der Waals surface area contributed by atoms with E-state index in [4.69, 9.17) is 5.11 Å². The third-order valence-electron chi connectivity index (χ3n) is 2.16. The number of hydrogen-bond acceptors (Lipinski definition) is 2. The van der Waals surface area contributed by atoms with Crippen LogP contribution in [0.3, 0.4) is 0 Å². The average Bonchev–Trinajstić information content (AvgIpc) is 2.30. The minimum Gasteiger partial charge on any atom is -0.390 e. The Balaban J connectivity index is 2.66. The van der Waals surface area contributed by atoms with E-state index < -0.39 is 0 Å². The number of nitrogens with zero attached hydrogens (tertiary/aromatic N) is 1. The first-order valence-electron chi connectivity index (χ1n) is 3.84. The van der Waals surface area contributed by atoms with Crippen LogP contribution in [0.2, 0.25) is 0 Å². The summed E-state index contributed by atoms with van der Waals surface area (Å²) in [6.07, 6.45) is 1.13. The number of hydrogen-bond donors (Lipinski definition) is 1. The first-order chi connectivity index (χ1) is 4.79. The Morgan fingerprint density at radius 1 is 1.60 bits per heavy atom. The summed E-state index contributed by atoms with van der Waals surface area (Å²) in [7, 11) is 0. The van der Waals surface area contributed by atoms with Crippen molar-refractivity contribution in [3.8, 4) is 0 Å². The molecule has 0 unspecified atom stereocenters. The van der Waals surface area contributed by atoms with Gasteiger partial charge in [0.05, 0.1) is 6.61 Å². The van der Waals surface area contributed by atoms with Crippen molar-refractivity contribution in [3.05, 3.63) is 11.3 Å². The highest BCUT2D eigenvalue weighted by Gasteiger charge is 2.16. The molecule has 1 N–H and O–H groups in total. The maximum Gasteiger partial charge on any atom is 0.0829 e. The zero-order valence-electron chi connectivity index (χ0n) is 6.72. The van der Waals surface area contributed by atoms with Gasteiger partial charge in [-0.15, -0.1) is 0 Å². The maximum atomic E-state index is 8.94. The van der Waals surface area contributed by atoms with E-state index in [2.05, 4.69) is 18.7 Å².